The molecule has 2 N–H and O–H groups in total. The second kappa shape index (κ2) is 7.22. The normalized spacial score (nSPS) is 11.8. The first-order chi connectivity index (χ1) is 10.1. The van der Waals surface area contributed by atoms with Crippen molar-refractivity contribution in [3.63, 3.8) is 0 Å². The first-order valence-corrected chi connectivity index (χ1v) is 7.67. The van der Waals surface area contributed by atoms with Gasteiger partial charge >= 0.3 is 0 Å². The van der Waals surface area contributed by atoms with Crippen LogP contribution < -0.4 is 10.6 Å². The number of aromatic nitrogens is 1. The number of benzene rings is 1. The summed E-state index contributed by atoms with van der Waals surface area (Å²) in [6.45, 7) is 4.22. The van der Waals surface area contributed by atoms with Crippen LogP contribution in [0, 0.1) is 0 Å². The first-order valence-electron chi connectivity index (χ1n) is 6.88. The van der Waals surface area contributed by atoms with Crippen molar-refractivity contribution in [1.29, 1.82) is 0 Å². The number of hydrogen-bond donors (Lipinski definition) is 2. The number of amides is 1. The van der Waals surface area contributed by atoms with Gasteiger partial charge in [0.25, 0.3) is 5.91 Å². The Bertz CT molecular complexity index is 596. The molecule has 0 saturated carbocycles. The maximum Gasteiger partial charge on any atom is 0.255 e. The molecule has 1 unspecified atom stereocenters. The SMILES string of the molecule is CCC(C)Nc1ccc(NC(=O)c2ccc(Br)cc2)cn1. The lowest BCUT2D eigenvalue weighted by Crippen LogP contribution is -2.15. The Morgan fingerprint density at radius 1 is 1.24 bits per heavy atom. The van der Waals surface area contributed by atoms with E-state index in [1.54, 1.807) is 18.3 Å². The van der Waals surface area contributed by atoms with E-state index in [0.29, 0.717) is 17.3 Å². The Hall–Kier alpha value is -1.88. The summed E-state index contributed by atoms with van der Waals surface area (Å²) >= 11 is 3.35. The summed E-state index contributed by atoms with van der Waals surface area (Å²) in [5.41, 5.74) is 1.29. The molecule has 0 saturated heterocycles. The quantitative estimate of drug-likeness (QED) is 0.847. The largest absolute Gasteiger partial charge is 0.368 e. The van der Waals surface area contributed by atoms with Gasteiger partial charge in [0.15, 0.2) is 0 Å². The molecule has 4 nitrogen and oxygen atoms in total. The molecule has 1 atom stereocenters. The van der Waals surface area contributed by atoms with Crippen molar-refractivity contribution in [3.8, 4) is 0 Å². The van der Waals surface area contributed by atoms with Crippen LogP contribution in [0.1, 0.15) is 30.6 Å². The van der Waals surface area contributed by atoms with Crippen LogP contribution >= 0.6 is 15.9 Å². The highest BCUT2D eigenvalue weighted by atomic mass is 79.9. The lowest BCUT2D eigenvalue weighted by molar-refractivity contribution is 0.102. The Morgan fingerprint density at radius 3 is 2.52 bits per heavy atom. The summed E-state index contributed by atoms with van der Waals surface area (Å²) in [6, 6.07) is 11.3. The fourth-order valence-electron chi connectivity index (χ4n) is 1.71. The van der Waals surface area contributed by atoms with Crippen LogP contribution in [0.15, 0.2) is 47.1 Å². The molecule has 110 valence electrons. The van der Waals surface area contributed by atoms with Gasteiger partial charge in [-0.25, -0.2) is 4.98 Å². The summed E-state index contributed by atoms with van der Waals surface area (Å²) in [7, 11) is 0. The molecule has 0 radical (unpaired) electrons. The molecule has 0 aliphatic carbocycles. The van der Waals surface area contributed by atoms with Crippen molar-refractivity contribution in [1.82, 2.24) is 4.98 Å². The molecule has 0 fully saturated rings. The minimum Gasteiger partial charge on any atom is -0.368 e. The molecule has 2 aromatic rings. The van der Waals surface area contributed by atoms with Crippen LogP contribution in [0.5, 0.6) is 0 Å². The van der Waals surface area contributed by atoms with Crippen LogP contribution in [0.4, 0.5) is 11.5 Å². The van der Waals surface area contributed by atoms with Crippen LogP contribution in [0.3, 0.4) is 0 Å². The van der Waals surface area contributed by atoms with E-state index in [1.165, 1.54) is 0 Å². The number of hydrogen-bond acceptors (Lipinski definition) is 3. The van der Waals surface area contributed by atoms with Crippen molar-refractivity contribution in [2.24, 2.45) is 0 Å². The molecule has 0 bridgehead atoms. The Balaban J connectivity index is 1.99. The number of nitrogens with one attached hydrogen (secondary N) is 2. The highest BCUT2D eigenvalue weighted by Gasteiger charge is 2.06. The highest BCUT2D eigenvalue weighted by molar-refractivity contribution is 9.10. The molecule has 2 rings (SSSR count). The summed E-state index contributed by atoms with van der Waals surface area (Å²) in [5.74, 6) is 0.665. The number of anilines is 2. The van der Waals surface area contributed by atoms with Gasteiger partial charge in [-0.3, -0.25) is 4.79 Å². The highest BCUT2D eigenvalue weighted by Crippen LogP contribution is 2.14. The average molecular weight is 348 g/mol. The van der Waals surface area contributed by atoms with Gasteiger partial charge in [-0.15, -0.1) is 0 Å². The summed E-state index contributed by atoms with van der Waals surface area (Å²) in [6.07, 6.45) is 2.69. The average Bonchev–Trinajstić information content (AvgIpc) is 2.49. The van der Waals surface area contributed by atoms with Gasteiger partial charge in [0, 0.05) is 16.1 Å². The monoisotopic (exact) mass is 347 g/mol. The van der Waals surface area contributed by atoms with Crippen LogP contribution in [0.2, 0.25) is 0 Å². The lowest BCUT2D eigenvalue weighted by atomic mass is 10.2. The van der Waals surface area contributed by atoms with Gasteiger partial charge in [0.1, 0.15) is 5.82 Å². The molecule has 5 heteroatoms. The third kappa shape index (κ3) is 4.56. The van der Waals surface area contributed by atoms with Crippen molar-refractivity contribution in [2.75, 3.05) is 10.6 Å². The molecule has 21 heavy (non-hydrogen) atoms. The van der Waals surface area contributed by atoms with Gasteiger partial charge in [0.05, 0.1) is 11.9 Å². The van der Waals surface area contributed by atoms with E-state index in [0.717, 1.165) is 16.7 Å². The van der Waals surface area contributed by atoms with E-state index in [9.17, 15) is 4.79 Å². The molecular formula is C16H18BrN3O. The Morgan fingerprint density at radius 2 is 1.95 bits per heavy atom. The lowest BCUT2D eigenvalue weighted by Gasteiger charge is -2.12. The predicted molar refractivity (Wildman–Crippen MR) is 89.7 cm³/mol. The van der Waals surface area contributed by atoms with Gasteiger partial charge in [-0.2, -0.15) is 0 Å². The standard InChI is InChI=1S/C16H18BrN3O/c1-3-11(2)19-15-9-8-14(10-18-15)20-16(21)12-4-6-13(17)7-5-12/h4-11H,3H2,1-2H3,(H,18,19)(H,20,21). The minimum atomic E-state index is -0.146. The zero-order valence-electron chi connectivity index (χ0n) is 12.1. The van der Waals surface area contributed by atoms with Gasteiger partial charge in [-0.1, -0.05) is 22.9 Å². The van der Waals surface area contributed by atoms with E-state index in [2.05, 4.69) is 45.4 Å². The minimum absolute atomic E-state index is 0.146. The zero-order chi connectivity index (χ0) is 15.2. The van der Waals surface area contributed by atoms with E-state index in [1.807, 2.05) is 24.3 Å². The number of nitrogens with zero attached hydrogens (tertiary/aromatic N) is 1. The third-order valence-corrected chi connectivity index (χ3v) is 3.66. The van der Waals surface area contributed by atoms with E-state index in [4.69, 9.17) is 0 Å². The number of rotatable bonds is 5. The van der Waals surface area contributed by atoms with Gasteiger partial charge in [-0.05, 0) is 49.7 Å². The number of carbonyl (C=O) groups excluding carboxylic acids is 1. The van der Waals surface area contributed by atoms with Crippen LogP contribution in [-0.2, 0) is 0 Å². The summed E-state index contributed by atoms with van der Waals surface area (Å²) in [4.78, 5) is 16.4. The van der Waals surface area contributed by atoms with Crippen molar-refractivity contribution >= 4 is 33.3 Å². The summed E-state index contributed by atoms with van der Waals surface area (Å²) in [5, 5.41) is 6.11. The molecular weight excluding hydrogens is 330 g/mol. The second-order valence-corrected chi connectivity index (χ2v) is 5.76. The Labute approximate surface area is 133 Å². The fourth-order valence-corrected chi connectivity index (χ4v) is 1.98. The van der Waals surface area contributed by atoms with Crippen LogP contribution in [0.25, 0.3) is 0 Å². The predicted octanol–water partition coefficient (Wildman–Crippen LogP) is 4.31. The van der Waals surface area contributed by atoms with Crippen molar-refractivity contribution < 1.29 is 4.79 Å². The third-order valence-electron chi connectivity index (χ3n) is 3.13. The first kappa shape index (κ1) is 15.5. The maximum absolute atomic E-state index is 12.1. The Kier molecular flexibility index (Phi) is 5.33. The maximum atomic E-state index is 12.1. The van der Waals surface area contributed by atoms with E-state index < -0.39 is 0 Å². The zero-order valence-corrected chi connectivity index (χ0v) is 13.6. The topological polar surface area (TPSA) is 54.0 Å². The molecule has 1 aromatic carbocycles. The smallest absolute Gasteiger partial charge is 0.255 e. The van der Waals surface area contributed by atoms with E-state index >= 15 is 0 Å². The van der Waals surface area contributed by atoms with Crippen LogP contribution in [-0.4, -0.2) is 16.9 Å². The molecule has 1 heterocycles. The van der Waals surface area contributed by atoms with E-state index in [-0.39, 0.29) is 5.91 Å². The summed E-state index contributed by atoms with van der Waals surface area (Å²) < 4.78 is 0.946. The second-order valence-electron chi connectivity index (χ2n) is 4.85. The number of halogens is 1. The number of pyridine rings is 1. The molecule has 1 amide bonds. The van der Waals surface area contributed by atoms with Gasteiger partial charge < -0.3 is 10.6 Å². The van der Waals surface area contributed by atoms with Crippen molar-refractivity contribution in [3.05, 3.63) is 52.6 Å². The number of carbonyl (C=O) groups is 1. The molecule has 1 aromatic heterocycles. The van der Waals surface area contributed by atoms with Gasteiger partial charge in [0.2, 0.25) is 0 Å². The van der Waals surface area contributed by atoms with Crippen molar-refractivity contribution in [2.45, 2.75) is 26.3 Å². The molecule has 0 aliphatic heterocycles. The fraction of sp³-hybridized carbons (Fsp3) is 0.250. The molecule has 0 aliphatic rings. The molecule has 0 spiro atoms.